The number of carbonyl (C=O) groups is 1. The van der Waals surface area contributed by atoms with Crippen molar-refractivity contribution >= 4 is 26.9 Å². The Kier molecular flexibility index (Phi) is 5.31. The van der Waals surface area contributed by atoms with E-state index in [0.717, 1.165) is 42.9 Å². The van der Waals surface area contributed by atoms with Crippen molar-refractivity contribution in [1.29, 1.82) is 5.53 Å². The zero-order chi connectivity index (χ0) is 15.4. The van der Waals surface area contributed by atoms with Crippen LogP contribution in [0, 0.1) is 5.53 Å². The van der Waals surface area contributed by atoms with Crippen molar-refractivity contribution in [3.8, 4) is 0 Å². The van der Waals surface area contributed by atoms with Gasteiger partial charge in [0.2, 0.25) is 0 Å². The molecule has 0 bridgehead atoms. The maximum absolute atomic E-state index is 10.8. The lowest BCUT2D eigenvalue weighted by Gasteiger charge is -2.24. The first-order valence-electron chi connectivity index (χ1n) is 7.15. The van der Waals surface area contributed by atoms with Crippen LogP contribution in [0.2, 0.25) is 0 Å². The molecule has 2 atom stereocenters. The number of carboxylic acids is 1. The first kappa shape index (κ1) is 15.9. The van der Waals surface area contributed by atoms with E-state index in [0.29, 0.717) is 18.3 Å². The monoisotopic (exact) mass is 311 g/mol. The van der Waals surface area contributed by atoms with E-state index in [1.807, 2.05) is 4.57 Å². The summed E-state index contributed by atoms with van der Waals surface area (Å²) in [4.78, 5) is 10.8. The summed E-state index contributed by atoms with van der Waals surface area (Å²) in [6.07, 6.45) is 2.79. The van der Waals surface area contributed by atoms with Crippen molar-refractivity contribution < 1.29 is 9.90 Å². The van der Waals surface area contributed by atoms with Crippen LogP contribution < -0.4 is 10.4 Å². The number of hydrogen-bond acceptors (Lipinski definition) is 5. The molecule has 0 spiro atoms. The number of nitrogens with one attached hydrogen (secondary N) is 3. The molecule has 0 amide bonds. The van der Waals surface area contributed by atoms with Gasteiger partial charge in [0.15, 0.2) is 0 Å². The molecule has 1 heterocycles. The Morgan fingerprint density at radius 3 is 2.95 bits per heavy atom. The number of carboxylic acid groups (broad SMARTS) is 1. The normalized spacial score (nSPS) is 17.3. The molecule has 4 N–H and O–H groups in total. The third-order valence-electron chi connectivity index (χ3n) is 3.92. The molecule has 21 heavy (non-hydrogen) atoms. The number of fused-ring (bicyclic) bond motifs is 1. The smallest absolute Gasteiger partial charge is 0.305 e. The van der Waals surface area contributed by atoms with Crippen LogP contribution in [-0.4, -0.2) is 28.2 Å². The zero-order valence-corrected chi connectivity index (χ0v) is 13.3. The Balaban J connectivity index is 2.38. The maximum Gasteiger partial charge on any atom is 0.305 e. The van der Waals surface area contributed by atoms with Crippen molar-refractivity contribution in [2.24, 2.45) is 5.11 Å². The molecule has 7 nitrogen and oxygen atoms in total. The summed E-state index contributed by atoms with van der Waals surface area (Å²) >= 11 is 0. The summed E-state index contributed by atoms with van der Waals surface area (Å²) in [5.41, 5.74) is 10.3. The third kappa shape index (κ3) is 3.24. The van der Waals surface area contributed by atoms with Gasteiger partial charge in [-0.25, -0.2) is 5.53 Å². The van der Waals surface area contributed by atoms with E-state index in [1.165, 1.54) is 0 Å². The molecule has 2 rings (SSSR count). The van der Waals surface area contributed by atoms with Crippen LogP contribution in [-0.2, 0) is 24.2 Å². The lowest BCUT2D eigenvalue weighted by atomic mass is 9.92. The summed E-state index contributed by atoms with van der Waals surface area (Å²) in [6, 6.07) is 0.399. The topological polar surface area (TPSA) is 103 Å². The van der Waals surface area contributed by atoms with E-state index in [1.54, 1.807) is 0 Å². The third-order valence-corrected chi connectivity index (χ3v) is 4.20. The summed E-state index contributed by atoms with van der Waals surface area (Å²) in [7, 11) is 2.42. The number of aliphatic carboxylic acids is 1. The Labute approximate surface area is 126 Å². The van der Waals surface area contributed by atoms with Crippen molar-refractivity contribution in [3.63, 3.8) is 0 Å². The van der Waals surface area contributed by atoms with Crippen LogP contribution in [0.4, 0.5) is 11.5 Å². The summed E-state index contributed by atoms with van der Waals surface area (Å²) in [5.74, 6) is -0.101. The molecule has 8 heteroatoms. The largest absolute Gasteiger partial charge is 0.481 e. The molecule has 0 aromatic carbocycles. The van der Waals surface area contributed by atoms with Gasteiger partial charge in [0.25, 0.3) is 0 Å². The molecule has 1 aliphatic rings. The van der Waals surface area contributed by atoms with Gasteiger partial charge in [-0.05, 0) is 35.2 Å². The Morgan fingerprint density at radius 1 is 1.62 bits per heavy atom. The van der Waals surface area contributed by atoms with Crippen LogP contribution in [0.15, 0.2) is 5.11 Å². The predicted molar refractivity (Wildman–Crippen MR) is 84.3 cm³/mol. The van der Waals surface area contributed by atoms with E-state index in [4.69, 9.17) is 10.6 Å². The molecule has 2 unspecified atom stereocenters. The second kappa shape index (κ2) is 7.00. The van der Waals surface area contributed by atoms with E-state index < -0.39 is 5.97 Å². The van der Waals surface area contributed by atoms with Crippen molar-refractivity contribution in [2.45, 2.75) is 45.2 Å². The predicted octanol–water partition coefficient (Wildman–Crippen LogP) is 2.29. The van der Waals surface area contributed by atoms with Gasteiger partial charge in [0.05, 0.1) is 6.42 Å². The fourth-order valence-corrected chi connectivity index (χ4v) is 3.34. The minimum atomic E-state index is -0.821. The SMILES string of the molecule is CCNC1CCc2c(c(N=N)c(NP)n2CCC(=O)O)C1. The number of rotatable bonds is 7. The first-order chi connectivity index (χ1) is 10.1. The molecule has 1 aromatic rings. The van der Waals surface area contributed by atoms with E-state index in [9.17, 15) is 4.79 Å². The van der Waals surface area contributed by atoms with E-state index in [-0.39, 0.29) is 6.42 Å². The van der Waals surface area contributed by atoms with Crippen LogP contribution in [0.3, 0.4) is 0 Å². The van der Waals surface area contributed by atoms with Gasteiger partial charge >= 0.3 is 5.97 Å². The molecular weight excluding hydrogens is 289 g/mol. The van der Waals surface area contributed by atoms with Crippen LogP contribution in [0.25, 0.3) is 0 Å². The van der Waals surface area contributed by atoms with Gasteiger partial charge in [0.1, 0.15) is 11.5 Å². The van der Waals surface area contributed by atoms with Gasteiger partial charge < -0.3 is 20.1 Å². The average Bonchev–Trinajstić information content (AvgIpc) is 2.77. The highest BCUT2D eigenvalue weighted by molar-refractivity contribution is 7.18. The molecule has 0 fully saturated rings. The Morgan fingerprint density at radius 2 is 2.38 bits per heavy atom. The number of likely N-dealkylation sites (N-methyl/N-ethyl adjacent to an activating group) is 1. The zero-order valence-electron chi connectivity index (χ0n) is 12.1. The molecule has 1 aromatic heterocycles. The highest BCUT2D eigenvalue weighted by Crippen LogP contribution is 2.40. The van der Waals surface area contributed by atoms with E-state index >= 15 is 0 Å². The molecule has 0 saturated carbocycles. The molecular formula is C13H22N5O2P. The van der Waals surface area contributed by atoms with Gasteiger partial charge in [-0.3, -0.25) is 4.79 Å². The second-order valence-corrected chi connectivity index (χ2v) is 5.46. The maximum atomic E-state index is 10.8. The standard InChI is InChI=1S/C13H22N5O2P/c1-2-15-8-3-4-10-9(7-8)12(16-14)13(17-21)18(10)6-5-11(19)20/h8,14-15,17H,2-7,21H2,1H3,(H,19,20). The van der Waals surface area contributed by atoms with E-state index in [2.05, 4.69) is 31.8 Å². The number of anilines is 1. The minimum Gasteiger partial charge on any atom is -0.481 e. The van der Waals surface area contributed by atoms with Gasteiger partial charge in [-0.15, -0.1) is 0 Å². The molecule has 1 aliphatic carbocycles. The van der Waals surface area contributed by atoms with Crippen LogP contribution in [0.5, 0.6) is 0 Å². The fraction of sp³-hybridized carbons (Fsp3) is 0.615. The molecule has 116 valence electrons. The molecule has 0 aliphatic heterocycles. The molecule has 0 saturated heterocycles. The van der Waals surface area contributed by atoms with Gasteiger partial charge in [0, 0.05) is 23.8 Å². The quantitative estimate of drug-likeness (QED) is 0.458. The highest BCUT2D eigenvalue weighted by atomic mass is 31.0. The fourth-order valence-electron chi connectivity index (χ4n) is 3.05. The first-order valence-corrected chi connectivity index (χ1v) is 7.73. The summed E-state index contributed by atoms with van der Waals surface area (Å²) in [5, 5.41) is 19.0. The lowest BCUT2D eigenvalue weighted by Crippen LogP contribution is -2.34. The Hall–Kier alpha value is -1.46. The van der Waals surface area contributed by atoms with Crippen molar-refractivity contribution in [1.82, 2.24) is 9.88 Å². The second-order valence-electron chi connectivity index (χ2n) is 5.17. The minimum absolute atomic E-state index is 0.0640. The van der Waals surface area contributed by atoms with Crippen LogP contribution >= 0.6 is 9.39 Å². The van der Waals surface area contributed by atoms with Crippen molar-refractivity contribution in [3.05, 3.63) is 11.3 Å². The summed E-state index contributed by atoms with van der Waals surface area (Å²) in [6.45, 7) is 3.40. The number of hydrogen-bond donors (Lipinski definition) is 4. The Bertz CT molecular complexity index is 543. The van der Waals surface area contributed by atoms with Gasteiger partial charge in [-0.2, -0.15) is 5.11 Å². The average molecular weight is 311 g/mol. The number of nitrogens with zero attached hydrogens (tertiary/aromatic N) is 2. The van der Waals surface area contributed by atoms with Crippen molar-refractivity contribution in [2.75, 3.05) is 11.6 Å². The summed E-state index contributed by atoms with van der Waals surface area (Å²) < 4.78 is 1.96. The van der Waals surface area contributed by atoms with Gasteiger partial charge in [-0.1, -0.05) is 6.92 Å². The highest BCUT2D eigenvalue weighted by Gasteiger charge is 2.28. The lowest BCUT2D eigenvalue weighted by molar-refractivity contribution is -0.137. The van der Waals surface area contributed by atoms with Crippen LogP contribution in [0.1, 0.15) is 31.0 Å². The number of aromatic nitrogens is 1. The molecule has 0 radical (unpaired) electrons.